The Hall–Kier alpha value is -2.09. The van der Waals surface area contributed by atoms with Crippen LogP contribution in [0.5, 0.6) is 0 Å². The van der Waals surface area contributed by atoms with Crippen molar-refractivity contribution >= 4 is 27.6 Å². The predicted molar refractivity (Wildman–Crippen MR) is 109 cm³/mol. The van der Waals surface area contributed by atoms with Crippen LogP contribution in [-0.2, 0) is 30.8 Å². The first-order chi connectivity index (χ1) is 13.2. The Morgan fingerprint density at radius 1 is 1.18 bits per heavy atom. The maximum Gasteiger partial charge on any atom is 0.309 e. The van der Waals surface area contributed by atoms with Crippen molar-refractivity contribution in [3.8, 4) is 0 Å². The van der Waals surface area contributed by atoms with E-state index < -0.39 is 16.1 Å². The van der Waals surface area contributed by atoms with Gasteiger partial charge in [-0.15, -0.1) is 0 Å². The van der Waals surface area contributed by atoms with E-state index >= 15 is 0 Å². The molecular weight excluding hydrogens is 380 g/mol. The number of sulfonamides is 1. The molecule has 0 aliphatic carbocycles. The molecule has 1 atom stereocenters. The molecule has 28 heavy (non-hydrogen) atoms. The van der Waals surface area contributed by atoms with E-state index in [9.17, 15) is 18.0 Å². The van der Waals surface area contributed by atoms with Gasteiger partial charge in [-0.1, -0.05) is 19.1 Å². The molecule has 1 aromatic rings. The number of rotatable bonds is 7. The molecule has 1 amide bonds. The fourth-order valence-corrected chi connectivity index (χ4v) is 4.71. The van der Waals surface area contributed by atoms with Crippen molar-refractivity contribution in [2.24, 2.45) is 5.92 Å². The number of esters is 1. The quantitative estimate of drug-likeness (QED) is 0.644. The van der Waals surface area contributed by atoms with Crippen LogP contribution < -0.4 is 4.31 Å². The van der Waals surface area contributed by atoms with Crippen molar-refractivity contribution in [3.05, 3.63) is 29.8 Å². The SMILES string of the molecule is CCOC(=O)C1CCN(C(=O)C(C)N(c2ccc(CC)cc2)S(C)(=O)=O)CC1. The fourth-order valence-electron chi connectivity index (χ4n) is 3.54. The van der Waals surface area contributed by atoms with Crippen LogP contribution in [0, 0.1) is 5.92 Å². The van der Waals surface area contributed by atoms with Gasteiger partial charge in [-0.2, -0.15) is 0 Å². The zero-order valence-corrected chi connectivity index (χ0v) is 17.9. The van der Waals surface area contributed by atoms with Crippen molar-refractivity contribution in [1.29, 1.82) is 0 Å². The zero-order valence-electron chi connectivity index (χ0n) is 17.1. The summed E-state index contributed by atoms with van der Waals surface area (Å²) in [6.07, 6.45) is 3.02. The second-order valence-electron chi connectivity index (χ2n) is 7.11. The van der Waals surface area contributed by atoms with E-state index in [1.54, 1.807) is 30.9 Å². The van der Waals surface area contributed by atoms with Gasteiger partial charge < -0.3 is 9.64 Å². The molecule has 1 aromatic carbocycles. The van der Waals surface area contributed by atoms with Crippen LogP contribution >= 0.6 is 0 Å². The average Bonchev–Trinajstić information content (AvgIpc) is 2.67. The summed E-state index contributed by atoms with van der Waals surface area (Å²) in [6.45, 7) is 6.57. The van der Waals surface area contributed by atoms with E-state index in [1.165, 1.54) is 4.31 Å². The highest BCUT2D eigenvalue weighted by Crippen LogP contribution is 2.25. The van der Waals surface area contributed by atoms with Crippen LogP contribution in [0.4, 0.5) is 5.69 Å². The van der Waals surface area contributed by atoms with Crippen molar-refractivity contribution in [3.63, 3.8) is 0 Å². The molecule has 0 spiro atoms. The molecule has 8 heteroatoms. The number of amides is 1. The number of benzene rings is 1. The van der Waals surface area contributed by atoms with Gasteiger partial charge in [0.25, 0.3) is 0 Å². The average molecular weight is 411 g/mol. The first-order valence-corrected chi connectivity index (χ1v) is 11.6. The standard InChI is InChI=1S/C20H30N2O5S/c1-5-16-7-9-18(10-8-16)22(28(4,25)26)15(3)19(23)21-13-11-17(12-14-21)20(24)27-6-2/h7-10,15,17H,5-6,11-14H2,1-4H3. The minimum Gasteiger partial charge on any atom is -0.466 e. The minimum absolute atomic E-state index is 0.202. The third-order valence-electron chi connectivity index (χ3n) is 5.09. The lowest BCUT2D eigenvalue weighted by Crippen LogP contribution is -2.51. The smallest absolute Gasteiger partial charge is 0.309 e. The first kappa shape index (κ1) is 22.2. The van der Waals surface area contributed by atoms with E-state index in [0.717, 1.165) is 18.2 Å². The Morgan fingerprint density at radius 3 is 2.21 bits per heavy atom. The highest BCUT2D eigenvalue weighted by Gasteiger charge is 2.35. The van der Waals surface area contributed by atoms with Gasteiger partial charge in [-0.25, -0.2) is 8.42 Å². The molecule has 2 rings (SSSR count). The number of anilines is 1. The van der Waals surface area contributed by atoms with E-state index in [0.29, 0.717) is 38.2 Å². The number of piperidine rings is 1. The van der Waals surface area contributed by atoms with Crippen LogP contribution in [0.25, 0.3) is 0 Å². The molecular formula is C20H30N2O5S. The Morgan fingerprint density at radius 2 is 1.75 bits per heavy atom. The Kier molecular flexibility index (Phi) is 7.46. The van der Waals surface area contributed by atoms with E-state index in [1.807, 2.05) is 19.1 Å². The number of carbonyl (C=O) groups is 2. The second kappa shape index (κ2) is 9.41. The second-order valence-corrected chi connectivity index (χ2v) is 8.97. The number of carbonyl (C=O) groups excluding carboxylic acids is 2. The maximum atomic E-state index is 13.0. The molecule has 7 nitrogen and oxygen atoms in total. The molecule has 0 radical (unpaired) electrons. The molecule has 0 N–H and O–H groups in total. The molecule has 156 valence electrons. The molecule has 0 saturated carbocycles. The summed E-state index contributed by atoms with van der Waals surface area (Å²) in [5, 5.41) is 0. The van der Waals surface area contributed by atoms with Crippen LogP contribution in [0.3, 0.4) is 0 Å². The van der Waals surface area contributed by atoms with Crippen molar-refractivity contribution in [2.75, 3.05) is 30.3 Å². The van der Waals surface area contributed by atoms with Crippen molar-refractivity contribution in [1.82, 2.24) is 4.90 Å². The third-order valence-corrected chi connectivity index (χ3v) is 6.33. The summed E-state index contributed by atoms with van der Waals surface area (Å²) in [7, 11) is -3.64. The Labute approximate surface area is 167 Å². The van der Waals surface area contributed by atoms with E-state index in [2.05, 4.69) is 0 Å². The fraction of sp³-hybridized carbons (Fsp3) is 0.600. The lowest BCUT2D eigenvalue weighted by molar-refractivity contribution is -0.151. The normalized spacial score (nSPS) is 16.5. The summed E-state index contributed by atoms with van der Waals surface area (Å²) < 4.78 is 31.1. The van der Waals surface area contributed by atoms with Crippen molar-refractivity contribution in [2.45, 2.75) is 46.1 Å². The molecule has 1 aliphatic rings. The highest BCUT2D eigenvalue weighted by molar-refractivity contribution is 7.92. The number of aryl methyl sites for hydroxylation is 1. The number of ether oxygens (including phenoxy) is 1. The number of hydrogen-bond acceptors (Lipinski definition) is 5. The Balaban J connectivity index is 2.13. The summed E-state index contributed by atoms with van der Waals surface area (Å²) in [4.78, 5) is 26.5. The largest absolute Gasteiger partial charge is 0.466 e. The van der Waals surface area contributed by atoms with E-state index in [-0.39, 0.29) is 17.8 Å². The van der Waals surface area contributed by atoms with Gasteiger partial charge in [-0.3, -0.25) is 13.9 Å². The van der Waals surface area contributed by atoms with E-state index in [4.69, 9.17) is 4.74 Å². The van der Waals surface area contributed by atoms with Crippen LogP contribution in [0.15, 0.2) is 24.3 Å². The van der Waals surface area contributed by atoms with Crippen LogP contribution in [0.2, 0.25) is 0 Å². The van der Waals surface area contributed by atoms with Gasteiger partial charge in [-0.05, 0) is 50.8 Å². The van der Waals surface area contributed by atoms with Gasteiger partial charge >= 0.3 is 5.97 Å². The van der Waals surface area contributed by atoms with Crippen LogP contribution in [0.1, 0.15) is 39.2 Å². The van der Waals surface area contributed by atoms with Crippen LogP contribution in [-0.4, -0.2) is 57.2 Å². The third kappa shape index (κ3) is 5.25. The summed E-state index contributed by atoms with van der Waals surface area (Å²) in [5.74, 6) is -0.685. The minimum atomic E-state index is -3.64. The number of nitrogens with zero attached hydrogens (tertiary/aromatic N) is 2. The Bertz CT molecular complexity index is 783. The van der Waals surface area contributed by atoms with Gasteiger partial charge in [0, 0.05) is 13.1 Å². The van der Waals surface area contributed by atoms with Crippen molar-refractivity contribution < 1.29 is 22.7 Å². The van der Waals surface area contributed by atoms with Gasteiger partial charge in [0.1, 0.15) is 6.04 Å². The molecule has 1 aliphatic heterocycles. The molecule has 1 heterocycles. The highest BCUT2D eigenvalue weighted by atomic mass is 32.2. The van der Waals surface area contributed by atoms with Gasteiger partial charge in [0.05, 0.1) is 24.5 Å². The molecule has 1 saturated heterocycles. The first-order valence-electron chi connectivity index (χ1n) is 9.72. The number of hydrogen-bond donors (Lipinski definition) is 0. The topological polar surface area (TPSA) is 84.0 Å². The monoisotopic (exact) mass is 410 g/mol. The molecule has 1 unspecified atom stereocenters. The summed E-state index contributed by atoms with van der Waals surface area (Å²) in [6, 6.07) is 6.35. The summed E-state index contributed by atoms with van der Waals surface area (Å²) >= 11 is 0. The predicted octanol–water partition coefficient (Wildman–Crippen LogP) is 2.21. The maximum absolute atomic E-state index is 13.0. The van der Waals surface area contributed by atoms with Gasteiger partial charge in [0.2, 0.25) is 15.9 Å². The molecule has 0 bridgehead atoms. The van der Waals surface area contributed by atoms with Gasteiger partial charge in [0.15, 0.2) is 0 Å². The zero-order chi connectivity index (χ0) is 20.9. The molecule has 1 fully saturated rings. The lowest BCUT2D eigenvalue weighted by atomic mass is 9.96. The lowest BCUT2D eigenvalue weighted by Gasteiger charge is -2.36. The molecule has 0 aromatic heterocycles. The number of likely N-dealkylation sites (tertiary alicyclic amines) is 1. The summed E-state index contributed by atoms with van der Waals surface area (Å²) in [5.41, 5.74) is 1.57.